The summed E-state index contributed by atoms with van der Waals surface area (Å²) in [5.74, 6) is -1.05. The Morgan fingerprint density at radius 2 is 1.70 bits per heavy atom. The molecule has 8 nitrogen and oxygen atoms in total. The third kappa shape index (κ3) is 7.14. The van der Waals surface area contributed by atoms with Gasteiger partial charge in [0.2, 0.25) is 10.0 Å². The van der Waals surface area contributed by atoms with E-state index in [-0.39, 0.29) is 23.7 Å². The highest BCUT2D eigenvalue weighted by Gasteiger charge is 2.15. The van der Waals surface area contributed by atoms with Crippen molar-refractivity contribution in [1.82, 2.24) is 9.71 Å². The van der Waals surface area contributed by atoms with Gasteiger partial charge in [0.25, 0.3) is 5.91 Å². The van der Waals surface area contributed by atoms with Gasteiger partial charge in [-0.05, 0) is 36.4 Å². The van der Waals surface area contributed by atoms with Gasteiger partial charge in [0.05, 0.1) is 16.3 Å². The number of anilines is 1. The van der Waals surface area contributed by atoms with Crippen molar-refractivity contribution in [1.29, 1.82) is 0 Å². The Morgan fingerprint density at radius 1 is 1.04 bits per heavy atom. The number of nitrogens with one attached hydrogen (secondary N) is 2. The van der Waals surface area contributed by atoms with E-state index in [4.69, 9.17) is 27.9 Å². The number of benzene rings is 1. The molecule has 1 aromatic carbocycles. The lowest BCUT2D eigenvalue weighted by molar-refractivity contribution is -0.147. The third-order valence-corrected chi connectivity index (χ3v) is 5.06. The van der Waals surface area contributed by atoms with Crippen molar-refractivity contribution in [3.8, 4) is 0 Å². The average molecular weight is 432 g/mol. The first-order chi connectivity index (χ1) is 12.8. The highest BCUT2D eigenvalue weighted by molar-refractivity contribution is 7.89. The van der Waals surface area contributed by atoms with Gasteiger partial charge >= 0.3 is 5.97 Å². The van der Waals surface area contributed by atoms with Gasteiger partial charge in [-0.25, -0.2) is 18.1 Å². The van der Waals surface area contributed by atoms with Gasteiger partial charge in [0.15, 0.2) is 6.61 Å². The molecule has 2 N–H and O–H groups in total. The van der Waals surface area contributed by atoms with Crippen molar-refractivity contribution < 1.29 is 22.7 Å². The van der Waals surface area contributed by atoms with Crippen LogP contribution in [0.5, 0.6) is 0 Å². The van der Waals surface area contributed by atoms with Gasteiger partial charge in [-0.1, -0.05) is 23.2 Å². The second kappa shape index (κ2) is 9.65. The zero-order valence-electron chi connectivity index (χ0n) is 13.8. The smallest absolute Gasteiger partial charge is 0.307 e. The first-order valence-electron chi connectivity index (χ1n) is 7.58. The van der Waals surface area contributed by atoms with Crippen LogP contribution in [0.1, 0.15) is 6.42 Å². The van der Waals surface area contributed by atoms with E-state index < -0.39 is 28.5 Å². The van der Waals surface area contributed by atoms with Gasteiger partial charge in [-0.15, -0.1) is 0 Å². The number of sulfonamides is 1. The fourth-order valence-electron chi connectivity index (χ4n) is 1.83. The number of ether oxygens (including phenoxy) is 1. The highest BCUT2D eigenvalue weighted by atomic mass is 35.5. The SMILES string of the molecule is O=C(COC(=O)CCNS(=O)(=O)c1ccc(Cl)cc1)Nc1ccc(Cl)cn1. The number of aromatic nitrogens is 1. The standard InChI is InChI=1S/C16H15Cl2N3O5S/c17-11-1-4-13(5-2-11)27(24,25)20-8-7-16(23)26-10-15(22)21-14-6-3-12(18)9-19-14/h1-6,9,20H,7-8,10H2,(H,19,21,22). The van der Waals surface area contributed by atoms with Crippen LogP contribution in [0.2, 0.25) is 10.0 Å². The van der Waals surface area contributed by atoms with Crippen LogP contribution in [0, 0.1) is 0 Å². The van der Waals surface area contributed by atoms with Gasteiger partial charge < -0.3 is 10.1 Å². The number of carbonyl (C=O) groups excluding carboxylic acids is 2. The van der Waals surface area contributed by atoms with Gasteiger partial charge in [-0.2, -0.15) is 0 Å². The summed E-state index contributed by atoms with van der Waals surface area (Å²) in [6, 6.07) is 8.61. The molecule has 0 unspecified atom stereocenters. The molecule has 2 aromatic rings. The predicted octanol–water partition coefficient (Wildman–Crippen LogP) is 2.24. The molecular weight excluding hydrogens is 417 g/mol. The van der Waals surface area contributed by atoms with Gasteiger partial charge in [0.1, 0.15) is 5.82 Å². The number of esters is 1. The van der Waals surface area contributed by atoms with E-state index in [1.807, 2.05) is 0 Å². The Balaban J connectivity index is 1.72. The monoisotopic (exact) mass is 431 g/mol. The molecule has 0 aliphatic carbocycles. The zero-order chi connectivity index (χ0) is 19.9. The molecule has 0 saturated heterocycles. The first-order valence-corrected chi connectivity index (χ1v) is 9.82. The Labute approximate surface area is 165 Å². The topological polar surface area (TPSA) is 114 Å². The molecule has 2 rings (SSSR count). The van der Waals surface area contributed by atoms with Crippen LogP contribution in [0.15, 0.2) is 47.5 Å². The molecular formula is C16H15Cl2N3O5S. The summed E-state index contributed by atoms with van der Waals surface area (Å²) >= 11 is 11.4. The van der Waals surface area contributed by atoms with Crippen LogP contribution in [0.4, 0.5) is 5.82 Å². The molecule has 1 aromatic heterocycles. The Kier molecular flexibility index (Phi) is 7.55. The molecule has 1 amide bonds. The van der Waals surface area contributed by atoms with Gasteiger partial charge in [0, 0.05) is 17.8 Å². The van der Waals surface area contributed by atoms with E-state index in [1.54, 1.807) is 6.07 Å². The van der Waals surface area contributed by atoms with E-state index in [9.17, 15) is 18.0 Å². The number of amides is 1. The predicted molar refractivity (Wildman–Crippen MR) is 100 cm³/mol. The maximum atomic E-state index is 12.0. The molecule has 0 bridgehead atoms. The Morgan fingerprint density at radius 3 is 2.33 bits per heavy atom. The number of pyridine rings is 1. The summed E-state index contributed by atoms with van der Waals surface area (Å²) in [6.07, 6.45) is 1.12. The van der Waals surface area contributed by atoms with Crippen LogP contribution in [-0.2, 0) is 24.3 Å². The fraction of sp³-hybridized carbons (Fsp3) is 0.188. The molecule has 144 valence electrons. The van der Waals surface area contributed by atoms with E-state index >= 15 is 0 Å². The number of hydrogen-bond donors (Lipinski definition) is 2. The molecule has 0 radical (unpaired) electrons. The molecule has 1 heterocycles. The lowest BCUT2D eigenvalue weighted by atomic mass is 10.4. The van der Waals surface area contributed by atoms with E-state index in [1.165, 1.54) is 36.5 Å². The van der Waals surface area contributed by atoms with Crippen LogP contribution in [0.25, 0.3) is 0 Å². The largest absolute Gasteiger partial charge is 0.456 e. The highest BCUT2D eigenvalue weighted by Crippen LogP contribution is 2.13. The van der Waals surface area contributed by atoms with Crippen LogP contribution >= 0.6 is 23.2 Å². The Bertz CT molecular complexity index is 903. The maximum absolute atomic E-state index is 12.0. The summed E-state index contributed by atoms with van der Waals surface area (Å²) in [4.78, 5) is 27.2. The van der Waals surface area contributed by atoms with E-state index in [2.05, 4.69) is 15.0 Å². The molecule has 11 heteroatoms. The zero-order valence-corrected chi connectivity index (χ0v) is 16.1. The first kappa shape index (κ1) is 21.1. The molecule has 0 saturated carbocycles. The minimum absolute atomic E-state index is 0.0232. The third-order valence-electron chi connectivity index (χ3n) is 3.10. The van der Waals surface area contributed by atoms with E-state index in [0.717, 1.165) is 0 Å². The number of nitrogens with zero attached hydrogens (tertiary/aromatic N) is 1. The molecule has 27 heavy (non-hydrogen) atoms. The van der Waals surface area contributed by atoms with Gasteiger partial charge in [-0.3, -0.25) is 9.59 Å². The summed E-state index contributed by atoms with van der Waals surface area (Å²) in [7, 11) is -3.76. The molecule has 0 atom stereocenters. The molecule has 0 aliphatic rings. The fourth-order valence-corrected chi connectivity index (χ4v) is 3.10. The lowest BCUT2D eigenvalue weighted by Gasteiger charge is -2.08. The van der Waals surface area contributed by atoms with Crippen LogP contribution in [-0.4, -0.2) is 38.4 Å². The quantitative estimate of drug-likeness (QED) is 0.619. The number of rotatable bonds is 8. The lowest BCUT2D eigenvalue weighted by Crippen LogP contribution is -2.28. The maximum Gasteiger partial charge on any atom is 0.307 e. The van der Waals surface area contributed by atoms with Crippen LogP contribution in [0.3, 0.4) is 0 Å². The minimum Gasteiger partial charge on any atom is -0.456 e. The number of halogens is 2. The van der Waals surface area contributed by atoms with Crippen LogP contribution < -0.4 is 10.0 Å². The normalized spacial score (nSPS) is 11.0. The summed E-state index contributed by atoms with van der Waals surface area (Å²) < 4.78 is 31.1. The second-order valence-electron chi connectivity index (χ2n) is 5.17. The molecule has 0 spiro atoms. The summed E-state index contributed by atoms with van der Waals surface area (Å²) in [5.41, 5.74) is 0. The minimum atomic E-state index is -3.76. The summed E-state index contributed by atoms with van der Waals surface area (Å²) in [6.45, 7) is -0.697. The summed E-state index contributed by atoms with van der Waals surface area (Å²) in [5, 5.41) is 3.25. The molecule has 0 fully saturated rings. The average Bonchev–Trinajstić information content (AvgIpc) is 2.62. The number of carbonyl (C=O) groups is 2. The van der Waals surface area contributed by atoms with Crippen molar-refractivity contribution in [3.05, 3.63) is 52.6 Å². The van der Waals surface area contributed by atoms with Crippen molar-refractivity contribution >= 4 is 50.9 Å². The van der Waals surface area contributed by atoms with Crippen molar-refractivity contribution in [2.45, 2.75) is 11.3 Å². The number of hydrogen-bond acceptors (Lipinski definition) is 6. The molecule has 0 aliphatic heterocycles. The van der Waals surface area contributed by atoms with E-state index in [0.29, 0.717) is 10.0 Å². The van der Waals surface area contributed by atoms with Crippen molar-refractivity contribution in [2.24, 2.45) is 0 Å². The van der Waals surface area contributed by atoms with Crippen molar-refractivity contribution in [3.63, 3.8) is 0 Å². The Hall–Kier alpha value is -2.20. The van der Waals surface area contributed by atoms with Crippen molar-refractivity contribution in [2.75, 3.05) is 18.5 Å². The second-order valence-corrected chi connectivity index (χ2v) is 7.81.